The highest BCUT2D eigenvalue weighted by atomic mass is 35.5. The molecule has 0 saturated carbocycles. The van der Waals surface area contributed by atoms with E-state index >= 15 is 0 Å². The minimum absolute atomic E-state index is 0.00949. The fourth-order valence-electron chi connectivity index (χ4n) is 1.56. The van der Waals surface area contributed by atoms with Crippen LogP contribution in [0, 0.1) is 0 Å². The number of ether oxygens (including phenoxy) is 1. The lowest BCUT2D eigenvalue weighted by Gasteiger charge is -2.16. The average Bonchev–Trinajstić information content (AvgIpc) is 2.21. The predicted molar refractivity (Wildman–Crippen MR) is 64.5 cm³/mol. The summed E-state index contributed by atoms with van der Waals surface area (Å²) in [5.74, 6) is 0.850. The fraction of sp³-hybridized carbons (Fsp3) is 0.500. The quantitative estimate of drug-likeness (QED) is 0.835. The van der Waals surface area contributed by atoms with Crippen LogP contribution in [0.4, 0.5) is 0 Å². The van der Waals surface area contributed by atoms with E-state index in [-0.39, 0.29) is 6.04 Å². The van der Waals surface area contributed by atoms with Crippen LogP contribution < -0.4 is 10.5 Å². The molecule has 0 radical (unpaired) electrons. The number of hydrogen-bond acceptors (Lipinski definition) is 2. The number of rotatable bonds is 5. The number of nitrogens with two attached hydrogens (primary N) is 1. The van der Waals surface area contributed by atoms with Gasteiger partial charge in [-0.05, 0) is 31.5 Å². The summed E-state index contributed by atoms with van der Waals surface area (Å²) in [5.41, 5.74) is 7.07. The van der Waals surface area contributed by atoms with Crippen molar-refractivity contribution in [3.05, 3.63) is 28.8 Å². The van der Waals surface area contributed by atoms with E-state index in [0.29, 0.717) is 11.6 Å². The van der Waals surface area contributed by atoms with Crippen LogP contribution in [0.3, 0.4) is 0 Å². The molecule has 0 bridgehead atoms. The van der Waals surface area contributed by atoms with Crippen molar-refractivity contribution in [2.24, 2.45) is 5.73 Å². The van der Waals surface area contributed by atoms with Crippen LogP contribution in [0.1, 0.15) is 38.3 Å². The first kappa shape index (κ1) is 12.3. The molecule has 0 amide bonds. The topological polar surface area (TPSA) is 35.2 Å². The molecule has 0 aliphatic rings. The van der Waals surface area contributed by atoms with Crippen molar-refractivity contribution in [1.29, 1.82) is 0 Å². The molecule has 1 aromatic rings. The van der Waals surface area contributed by atoms with Crippen LogP contribution in [0.25, 0.3) is 0 Å². The lowest BCUT2D eigenvalue weighted by molar-refractivity contribution is 0.333. The summed E-state index contributed by atoms with van der Waals surface area (Å²) in [6, 6.07) is 5.62. The van der Waals surface area contributed by atoms with Crippen LogP contribution in [-0.4, -0.2) is 6.61 Å². The van der Waals surface area contributed by atoms with Gasteiger partial charge >= 0.3 is 0 Å². The Morgan fingerprint density at radius 2 is 2.13 bits per heavy atom. The van der Waals surface area contributed by atoms with Crippen molar-refractivity contribution in [3.63, 3.8) is 0 Å². The Kier molecular flexibility index (Phi) is 4.92. The fourth-order valence-corrected chi connectivity index (χ4v) is 1.74. The molecule has 0 aromatic heterocycles. The van der Waals surface area contributed by atoms with E-state index < -0.39 is 0 Å². The Morgan fingerprint density at radius 3 is 2.73 bits per heavy atom. The van der Waals surface area contributed by atoms with Gasteiger partial charge in [0.15, 0.2) is 0 Å². The van der Waals surface area contributed by atoms with Gasteiger partial charge in [0.1, 0.15) is 5.75 Å². The molecular formula is C12H18ClNO. The van der Waals surface area contributed by atoms with Gasteiger partial charge in [-0.3, -0.25) is 0 Å². The molecular weight excluding hydrogens is 210 g/mol. The average molecular weight is 228 g/mol. The van der Waals surface area contributed by atoms with Crippen molar-refractivity contribution in [2.45, 2.75) is 32.7 Å². The van der Waals surface area contributed by atoms with E-state index in [4.69, 9.17) is 22.1 Å². The Bertz CT molecular complexity index is 314. The summed E-state index contributed by atoms with van der Waals surface area (Å²) in [6.07, 6.45) is 2.00. The van der Waals surface area contributed by atoms with Crippen LogP contribution in [0.2, 0.25) is 5.02 Å². The first-order valence-electron chi connectivity index (χ1n) is 5.36. The second-order valence-electron chi connectivity index (χ2n) is 3.51. The largest absolute Gasteiger partial charge is 0.494 e. The molecule has 2 nitrogen and oxygen atoms in total. The highest BCUT2D eigenvalue weighted by Gasteiger charge is 2.11. The standard InChI is InChI=1S/C12H18ClNO/c1-3-5-11(14)10-8-9(13)6-7-12(10)15-4-2/h6-8,11H,3-5,14H2,1-2H3. The molecule has 0 heterocycles. The molecule has 3 heteroatoms. The van der Waals surface area contributed by atoms with Gasteiger partial charge in [-0.25, -0.2) is 0 Å². The van der Waals surface area contributed by atoms with Gasteiger partial charge in [0, 0.05) is 16.6 Å². The number of hydrogen-bond donors (Lipinski definition) is 1. The second kappa shape index (κ2) is 5.99. The summed E-state index contributed by atoms with van der Waals surface area (Å²) in [6.45, 7) is 4.72. The van der Waals surface area contributed by atoms with Gasteiger partial charge in [0.25, 0.3) is 0 Å². The molecule has 15 heavy (non-hydrogen) atoms. The summed E-state index contributed by atoms with van der Waals surface area (Å²) < 4.78 is 5.52. The highest BCUT2D eigenvalue weighted by molar-refractivity contribution is 6.30. The van der Waals surface area contributed by atoms with Crippen LogP contribution >= 0.6 is 11.6 Å². The van der Waals surface area contributed by atoms with Gasteiger partial charge in [-0.2, -0.15) is 0 Å². The third-order valence-corrected chi connectivity index (χ3v) is 2.51. The van der Waals surface area contributed by atoms with E-state index in [9.17, 15) is 0 Å². The molecule has 1 rings (SSSR count). The smallest absolute Gasteiger partial charge is 0.124 e. The van der Waals surface area contributed by atoms with E-state index in [0.717, 1.165) is 24.2 Å². The van der Waals surface area contributed by atoms with Crippen molar-refractivity contribution >= 4 is 11.6 Å². The second-order valence-corrected chi connectivity index (χ2v) is 3.95. The molecule has 2 N–H and O–H groups in total. The van der Waals surface area contributed by atoms with Crippen LogP contribution in [0.5, 0.6) is 5.75 Å². The SMILES string of the molecule is CCCC(N)c1cc(Cl)ccc1OCC. The van der Waals surface area contributed by atoms with Crippen LogP contribution in [-0.2, 0) is 0 Å². The van der Waals surface area contributed by atoms with Gasteiger partial charge in [0.05, 0.1) is 6.61 Å². The molecule has 0 spiro atoms. The Labute approximate surface area is 96.4 Å². The van der Waals surface area contributed by atoms with Crippen LogP contribution in [0.15, 0.2) is 18.2 Å². The van der Waals surface area contributed by atoms with E-state index in [1.165, 1.54) is 0 Å². The minimum atomic E-state index is 0.00949. The maximum atomic E-state index is 6.07. The first-order chi connectivity index (χ1) is 7.19. The molecule has 84 valence electrons. The zero-order valence-corrected chi connectivity index (χ0v) is 10.1. The lowest BCUT2D eigenvalue weighted by Crippen LogP contribution is -2.11. The van der Waals surface area contributed by atoms with Crippen molar-refractivity contribution in [2.75, 3.05) is 6.61 Å². The molecule has 0 aliphatic heterocycles. The minimum Gasteiger partial charge on any atom is -0.494 e. The zero-order valence-electron chi connectivity index (χ0n) is 9.29. The van der Waals surface area contributed by atoms with Gasteiger partial charge in [-0.1, -0.05) is 24.9 Å². The molecule has 1 aromatic carbocycles. The maximum Gasteiger partial charge on any atom is 0.124 e. The van der Waals surface area contributed by atoms with Gasteiger partial charge in [-0.15, -0.1) is 0 Å². The van der Waals surface area contributed by atoms with E-state index in [2.05, 4.69) is 6.92 Å². The Balaban J connectivity index is 2.95. The van der Waals surface area contributed by atoms with E-state index in [1.807, 2.05) is 25.1 Å². The van der Waals surface area contributed by atoms with Gasteiger partial charge < -0.3 is 10.5 Å². The summed E-state index contributed by atoms with van der Waals surface area (Å²) >= 11 is 5.95. The monoisotopic (exact) mass is 227 g/mol. The molecule has 0 aliphatic carbocycles. The molecule has 1 unspecified atom stereocenters. The molecule has 1 atom stereocenters. The maximum absolute atomic E-state index is 6.07. The predicted octanol–water partition coefficient (Wildman–Crippen LogP) is 3.54. The van der Waals surface area contributed by atoms with Crippen molar-refractivity contribution in [3.8, 4) is 5.75 Å². The first-order valence-corrected chi connectivity index (χ1v) is 5.74. The lowest BCUT2D eigenvalue weighted by atomic mass is 10.0. The summed E-state index contributed by atoms with van der Waals surface area (Å²) in [7, 11) is 0. The zero-order chi connectivity index (χ0) is 11.3. The third-order valence-electron chi connectivity index (χ3n) is 2.27. The van der Waals surface area contributed by atoms with Crippen molar-refractivity contribution < 1.29 is 4.74 Å². The molecule has 0 fully saturated rings. The highest BCUT2D eigenvalue weighted by Crippen LogP contribution is 2.29. The third kappa shape index (κ3) is 3.40. The summed E-state index contributed by atoms with van der Waals surface area (Å²) in [5, 5.41) is 0.708. The molecule has 0 saturated heterocycles. The number of benzene rings is 1. The summed E-state index contributed by atoms with van der Waals surface area (Å²) in [4.78, 5) is 0. The normalized spacial score (nSPS) is 12.5. The number of halogens is 1. The van der Waals surface area contributed by atoms with E-state index in [1.54, 1.807) is 0 Å². The Morgan fingerprint density at radius 1 is 1.40 bits per heavy atom. The van der Waals surface area contributed by atoms with Gasteiger partial charge in [0.2, 0.25) is 0 Å². The Hall–Kier alpha value is -0.730. The van der Waals surface area contributed by atoms with Crippen molar-refractivity contribution in [1.82, 2.24) is 0 Å².